The molecular formula is C109H63N15O4. The molecule has 0 spiro atoms. The average molecular weight is 1650 g/mol. The van der Waals surface area contributed by atoms with E-state index in [2.05, 4.69) is 218 Å². The highest BCUT2D eigenvalue weighted by atomic mass is 16.4. The third-order valence-corrected chi connectivity index (χ3v) is 24.2. The van der Waals surface area contributed by atoms with Crippen LogP contribution in [0.2, 0.25) is 0 Å². The van der Waals surface area contributed by atoms with E-state index in [0.29, 0.717) is 69.4 Å². The van der Waals surface area contributed by atoms with Gasteiger partial charge in [-0.25, -0.2) is 49.8 Å². The summed E-state index contributed by atoms with van der Waals surface area (Å²) < 4.78 is 35.3. The first-order valence-electron chi connectivity index (χ1n) is 42.0. The van der Waals surface area contributed by atoms with Crippen molar-refractivity contribution in [2.75, 3.05) is 0 Å². The summed E-state index contributed by atoms with van der Waals surface area (Å²) in [4.78, 5) is 55.7. The van der Waals surface area contributed by atoms with Crippen LogP contribution in [0.5, 0.6) is 0 Å². The predicted octanol–water partition coefficient (Wildman–Crippen LogP) is 26.4. The van der Waals surface area contributed by atoms with Crippen molar-refractivity contribution in [1.82, 2.24) is 73.1 Å². The molecule has 19 heteroatoms. The van der Waals surface area contributed by atoms with Crippen LogP contribution < -0.4 is 0 Å². The van der Waals surface area contributed by atoms with Gasteiger partial charge in [-0.15, -0.1) is 0 Å². The van der Waals surface area contributed by atoms with E-state index in [1.807, 2.05) is 176 Å². The minimum atomic E-state index is 0.415. The van der Waals surface area contributed by atoms with Crippen LogP contribution in [0.4, 0.5) is 0 Å². The Labute approximate surface area is 726 Å². The Morgan fingerprint density at radius 2 is 0.508 bits per heavy atom. The first kappa shape index (κ1) is 71.7. The van der Waals surface area contributed by atoms with E-state index < -0.39 is 0 Å². The summed E-state index contributed by atoms with van der Waals surface area (Å²) in [5, 5.41) is 3.69. The first-order valence-corrected chi connectivity index (χ1v) is 42.0. The molecular weight excluding hydrogens is 1580 g/mol. The van der Waals surface area contributed by atoms with Gasteiger partial charge in [-0.05, 0) is 238 Å². The average Bonchev–Trinajstić information content (AvgIpc) is 1.58. The van der Waals surface area contributed by atoms with Crippen molar-refractivity contribution in [3.05, 3.63) is 383 Å². The van der Waals surface area contributed by atoms with Gasteiger partial charge in [0.1, 0.15) is 34.2 Å². The van der Waals surface area contributed by atoms with Gasteiger partial charge in [0.05, 0.1) is 49.7 Å². The van der Waals surface area contributed by atoms with Crippen LogP contribution in [0.25, 0.3) is 258 Å². The molecule has 19 nitrogen and oxygen atoms in total. The van der Waals surface area contributed by atoms with Crippen molar-refractivity contribution in [3.8, 4) is 148 Å². The monoisotopic (exact) mass is 1650 g/mol. The number of oxazole rings is 4. The predicted molar refractivity (Wildman–Crippen MR) is 503 cm³/mol. The molecule has 0 saturated heterocycles. The molecule has 0 fully saturated rings. The molecule has 0 saturated carbocycles. The SMILES string of the molecule is c1ccc(-c2ccc3nc(-c4ccc5c(c4)c4cc(-c6nc7ccc(-c8cccc(-c9cccc(-c%10ccc%11nc(-c%12ccc%13c(c%12)c%12cc(-c%14nc%15ccc(-c%16ccccc%16)cc%15o%14)ccc%12n%13-c%12ncnc(-c%13nc%14ccccc%14n%13-c%13ccccc%13)n%12)oc%11c%10)c9)c8)cc7o6)ccc4n5-c4ncc(-c5nc6ccccc6n5-c5ccccc5)cn4)oc3c2)cc1. The molecule has 0 atom stereocenters. The van der Waals surface area contributed by atoms with Crippen molar-refractivity contribution in [2.45, 2.75) is 0 Å². The topological polar surface area (TPSA) is 214 Å². The fourth-order valence-electron chi connectivity index (χ4n) is 18.1. The Hall–Kier alpha value is -18.0. The van der Waals surface area contributed by atoms with Crippen molar-refractivity contribution in [2.24, 2.45) is 0 Å². The molecule has 0 bridgehead atoms. The largest absolute Gasteiger partial charge is 0.436 e. The third kappa shape index (κ3) is 12.1. The summed E-state index contributed by atoms with van der Waals surface area (Å²) in [7, 11) is 0. The van der Waals surface area contributed by atoms with Crippen molar-refractivity contribution >= 4 is 110 Å². The van der Waals surface area contributed by atoms with E-state index in [1.165, 1.54) is 0 Å². The number of aromatic nitrogens is 15. The summed E-state index contributed by atoms with van der Waals surface area (Å²) in [5.41, 5.74) is 29.1. The second-order valence-corrected chi connectivity index (χ2v) is 31.9. The maximum Gasteiger partial charge on any atom is 0.238 e. The van der Waals surface area contributed by atoms with E-state index in [0.717, 1.165) is 188 Å². The number of hydrogen-bond acceptors (Lipinski definition) is 15. The molecule has 0 N–H and O–H groups in total. The fraction of sp³-hybridized carbons (Fsp3) is 0. The minimum Gasteiger partial charge on any atom is -0.436 e. The highest BCUT2D eigenvalue weighted by Crippen LogP contribution is 2.44. The Balaban J connectivity index is 0.514. The lowest BCUT2D eigenvalue weighted by Gasteiger charge is -2.10. The van der Waals surface area contributed by atoms with Crippen molar-refractivity contribution in [1.29, 1.82) is 0 Å². The Bertz CT molecular complexity index is 8970. The third-order valence-electron chi connectivity index (χ3n) is 24.2. The molecule has 10 aromatic heterocycles. The molecule has 26 rings (SSSR count). The van der Waals surface area contributed by atoms with E-state index in [9.17, 15) is 0 Å². The maximum atomic E-state index is 6.82. The van der Waals surface area contributed by atoms with Crippen LogP contribution in [0, 0.1) is 0 Å². The summed E-state index contributed by atoms with van der Waals surface area (Å²) in [6.07, 6.45) is 5.27. The molecule has 128 heavy (non-hydrogen) atoms. The van der Waals surface area contributed by atoms with Crippen LogP contribution in [0.3, 0.4) is 0 Å². The molecule has 26 aromatic rings. The molecule has 0 unspecified atom stereocenters. The number of rotatable bonds is 15. The molecule has 0 aliphatic carbocycles. The van der Waals surface area contributed by atoms with E-state index in [4.69, 9.17) is 72.5 Å². The summed E-state index contributed by atoms with van der Waals surface area (Å²) in [6.45, 7) is 0. The molecule has 0 amide bonds. The maximum absolute atomic E-state index is 6.82. The Morgan fingerprint density at radius 1 is 0.188 bits per heavy atom. The minimum absolute atomic E-state index is 0.415. The zero-order chi connectivity index (χ0) is 84.0. The van der Waals surface area contributed by atoms with Gasteiger partial charge in [-0.1, -0.05) is 182 Å². The highest BCUT2D eigenvalue weighted by Gasteiger charge is 2.27. The van der Waals surface area contributed by atoms with Crippen LogP contribution in [-0.2, 0) is 0 Å². The van der Waals surface area contributed by atoms with E-state index >= 15 is 0 Å². The van der Waals surface area contributed by atoms with Gasteiger partial charge in [0.15, 0.2) is 28.2 Å². The number of hydrogen-bond donors (Lipinski definition) is 0. The van der Waals surface area contributed by atoms with Crippen LogP contribution >= 0.6 is 0 Å². The molecule has 0 aliphatic rings. The van der Waals surface area contributed by atoms with E-state index in [1.54, 1.807) is 6.33 Å². The lowest BCUT2D eigenvalue weighted by molar-refractivity contribution is 0.619. The lowest BCUT2D eigenvalue weighted by atomic mass is 9.96. The van der Waals surface area contributed by atoms with Gasteiger partial charge in [0.2, 0.25) is 41.3 Å². The zero-order valence-corrected chi connectivity index (χ0v) is 67.7. The standard InChI is InChI=1S/C109H63N15O4/c1-5-19-64(20-6-1)70-35-43-87-97(57-70)125-104(116-87)74-39-47-91-81(53-74)82-54-75(40-48-92(82)123(91)108-110-61-78(62-111-108)102-114-85-31-13-15-33-95(85)121(102)79-27-9-3-10-28-79)106-118-89-45-37-72(59-99(89)127-106)68-25-17-23-66(51-68)67-24-18-26-69(52-67)73-38-46-90-100(60-73)128-107(119-90)77-42-50-94-84(56-77)83-55-76(105-117-88-44-36-71(58-98(88)126-105)65-21-7-2-8-22-65)41-49-93(83)124(94)109-113-63-112-101(120-109)103-115-86-32-14-16-34-96(86)122(103)80-29-11-4-12-30-80/h1-63H. The van der Waals surface area contributed by atoms with Crippen LogP contribution in [-0.4, -0.2) is 73.1 Å². The first-order chi connectivity index (χ1) is 63.3. The van der Waals surface area contributed by atoms with Gasteiger partial charge in [-0.2, -0.15) is 4.98 Å². The molecule has 16 aromatic carbocycles. The second kappa shape index (κ2) is 28.8. The summed E-state index contributed by atoms with van der Waals surface area (Å²) >= 11 is 0. The van der Waals surface area contributed by atoms with Crippen molar-refractivity contribution in [3.63, 3.8) is 0 Å². The highest BCUT2D eigenvalue weighted by molar-refractivity contribution is 6.13. The van der Waals surface area contributed by atoms with Crippen molar-refractivity contribution < 1.29 is 17.7 Å². The van der Waals surface area contributed by atoms with Gasteiger partial charge >= 0.3 is 0 Å². The second-order valence-electron chi connectivity index (χ2n) is 31.9. The Morgan fingerprint density at radius 3 is 0.906 bits per heavy atom. The fourth-order valence-corrected chi connectivity index (χ4v) is 18.1. The van der Waals surface area contributed by atoms with Gasteiger partial charge < -0.3 is 17.7 Å². The van der Waals surface area contributed by atoms with Crippen LogP contribution in [0.1, 0.15) is 0 Å². The molecule has 0 radical (unpaired) electrons. The molecule has 0 aliphatic heterocycles. The zero-order valence-electron chi connectivity index (χ0n) is 67.7. The number of benzene rings is 16. The number of para-hydroxylation sites is 6. The summed E-state index contributed by atoms with van der Waals surface area (Å²) in [6, 6.07) is 124. The Kier molecular flexibility index (Phi) is 16.2. The van der Waals surface area contributed by atoms with Crippen LogP contribution in [0.15, 0.2) is 400 Å². The normalized spacial score (nSPS) is 11.9. The number of imidazole rings is 2. The van der Waals surface area contributed by atoms with Gasteiger partial charge in [0.25, 0.3) is 0 Å². The smallest absolute Gasteiger partial charge is 0.238 e. The molecule has 10 heterocycles. The number of fused-ring (bicyclic) bond motifs is 12. The number of nitrogens with zero attached hydrogens (tertiary/aromatic N) is 15. The van der Waals surface area contributed by atoms with E-state index in [-0.39, 0.29) is 0 Å². The molecule has 598 valence electrons. The lowest BCUT2D eigenvalue weighted by Crippen LogP contribution is -2.06. The van der Waals surface area contributed by atoms with Gasteiger partial charge in [-0.3, -0.25) is 18.3 Å². The quantitative estimate of drug-likeness (QED) is 0.0933. The van der Waals surface area contributed by atoms with Gasteiger partial charge in [0, 0.05) is 67.6 Å². The summed E-state index contributed by atoms with van der Waals surface area (Å²) in [5.74, 6) is 4.61.